The van der Waals surface area contributed by atoms with E-state index in [-0.39, 0.29) is 0 Å². The second-order valence-corrected chi connectivity index (χ2v) is 4.31. The molecule has 0 rings (SSSR count). The molecular weight excluding hydrogens is 188 g/mol. The minimum atomic E-state index is -0.540. The maximum absolute atomic E-state index is 9.85. The molecule has 0 aliphatic rings. The van der Waals surface area contributed by atoms with Gasteiger partial charge in [0.25, 0.3) is 0 Å². The van der Waals surface area contributed by atoms with E-state index in [0.29, 0.717) is 12.5 Å². The first kappa shape index (κ1) is 14.9. The van der Waals surface area contributed by atoms with Crippen LogP contribution >= 0.6 is 0 Å². The predicted octanol–water partition coefficient (Wildman–Crippen LogP) is 3.73. The molecule has 0 aromatic heterocycles. The maximum atomic E-state index is 9.85. The van der Waals surface area contributed by atoms with E-state index in [2.05, 4.69) is 20.8 Å². The molecule has 15 heavy (non-hydrogen) atoms. The van der Waals surface area contributed by atoms with Crippen molar-refractivity contribution in [3.63, 3.8) is 0 Å². The Morgan fingerprint density at radius 1 is 0.933 bits per heavy atom. The fourth-order valence-electron chi connectivity index (χ4n) is 1.83. The van der Waals surface area contributed by atoms with Crippen LogP contribution in [-0.4, -0.2) is 18.0 Å². The molecule has 0 aliphatic carbocycles. The first-order valence-electron chi connectivity index (χ1n) is 6.55. The summed E-state index contributed by atoms with van der Waals surface area (Å²) in [7, 11) is 0. The molecule has 0 saturated carbocycles. The average molecular weight is 216 g/mol. The highest BCUT2D eigenvalue weighted by atomic mass is 16.6. The minimum absolute atomic E-state index is 0.341. The number of unbranched alkanes of at least 4 members (excludes halogenated alkanes) is 2. The molecule has 2 unspecified atom stereocenters. The Bertz CT molecular complexity index is 126. The summed E-state index contributed by atoms with van der Waals surface area (Å²) < 4.78 is 5.39. The van der Waals surface area contributed by atoms with Crippen LogP contribution in [0.1, 0.15) is 65.7 Å². The van der Waals surface area contributed by atoms with Gasteiger partial charge in [0.2, 0.25) is 0 Å². The summed E-state index contributed by atoms with van der Waals surface area (Å²) in [6.45, 7) is 7.12. The van der Waals surface area contributed by atoms with Gasteiger partial charge in [0.15, 0.2) is 6.29 Å². The molecule has 2 nitrogen and oxygen atoms in total. The zero-order valence-electron chi connectivity index (χ0n) is 10.7. The van der Waals surface area contributed by atoms with E-state index in [1.807, 2.05) is 0 Å². The molecule has 0 aromatic carbocycles. The van der Waals surface area contributed by atoms with Crippen molar-refractivity contribution in [1.82, 2.24) is 0 Å². The molecule has 92 valence electrons. The number of hydrogen-bond donors (Lipinski definition) is 1. The SMILES string of the molecule is CCCCCC(CCC)C(O)OCCC. The normalized spacial score (nSPS) is 15.2. The smallest absolute Gasteiger partial charge is 0.157 e. The van der Waals surface area contributed by atoms with E-state index in [1.54, 1.807) is 0 Å². The lowest BCUT2D eigenvalue weighted by Gasteiger charge is -2.22. The van der Waals surface area contributed by atoms with Gasteiger partial charge in [0.1, 0.15) is 0 Å². The Hall–Kier alpha value is -0.0800. The van der Waals surface area contributed by atoms with E-state index in [1.165, 1.54) is 19.3 Å². The van der Waals surface area contributed by atoms with Gasteiger partial charge < -0.3 is 9.84 Å². The topological polar surface area (TPSA) is 29.5 Å². The summed E-state index contributed by atoms with van der Waals surface area (Å²) in [6, 6.07) is 0. The van der Waals surface area contributed by atoms with Gasteiger partial charge in [-0.3, -0.25) is 0 Å². The third-order valence-electron chi connectivity index (χ3n) is 2.73. The number of aliphatic hydroxyl groups excluding tert-OH is 1. The first-order valence-corrected chi connectivity index (χ1v) is 6.55. The number of aliphatic hydroxyl groups is 1. The van der Waals surface area contributed by atoms with Crippen molar-refractivity contribution < 1.29 is 9.84 Å². The molecule has 2 heteroatoms. The van der Waals surface area contributed by atoms with Crippen LogP contribution in [0.3, 0.4) is 0 Å². The molecule has 0 heterocycles. The standard InChI is InChI=1S/C13H28O2/c1-4-7-8-10-12(9-5-2)13(14)15-11-6-3/h12-14H,4-11H2,1-3H3. The highest BCUT2D eigenvalue weighted by Gasteiger charge is 2.17. The summed E-state index contributed by atoms with van der Waals surface area (Å²) in [4.78, 5) is 0. The lowest BCUT2D eigenvalue weighted by molar-refractivity contribution is -0.137. The van der Waals surface area contributed by atoms with Crippen molar-refractivity contribution >= 4 is 0 Å². The van der Waals surface area contributed by atoms with Crippen molar-refractivity contribution in [1.29, 1.82) is 0 Å². The van der Waals surface area contributed by atoms with E-state index < -0.39 is 6.29 Å². The molecule has 0 saturated heterocycles. The molecule has 0 amide bonds. The zero-order chi connectivity index (χ0) is 11.5. The Labute approximate surface area is 95.0 Å². The third kappa shape index (κ3) is 7.80. The Morgan fingerprint density at radius 2 is 1.67 bits per heavy atom. The van der Waals surface area contributed by atoms with Crippen LogP contribution in [0.15, 0.2) is 0 Å². The monoisotopic (exact) mass is 216 g/mol. The van der Waals surface area contributed by atoms with Crippen LogP contribution in [0.25, 0.3) is 0 Å². The van der Waals surface area contributed by atoms with Crippen LogP contribution in [0.4, 0.5) is 0 Å². The van der Waals surface area contributed by atoms with Crippen LogP contribution < -0.4 is 0 Å². The van der Waals surface area contributed by atoms with Crippen molar-refractivity contribution in [3.05, 3.63) is 0 Å². The van der Waals surface area contributed by atoms with Crippen LogP contribution in [-0.2, 0) is 4.74 Å². The van der Waals surface area contributed by atoms with Gasteiger partial charge >= 0.3 is 0 Å². The van der Waals surface area contributed by atoms with Gasteiger partial charge in [-0.05, 0) is 19.3 Å². The van der Waals surface area contributed by atoms with Gasteiger partial charge in [-0.2, -0.15) is 0 Å². The number of hydrogen-bond acceptors (Lipinski definition) is 2. The lowest BCUT2D eigenvalue weighted by Crippen LogP contribution is -2.24. The second-order valence-electron chi connectivity index (χ2n) is 4.31. The van der Waals surface area contributed by atoms with Crippen molar-refractivity contribution in [2.45, 2.75) is 72.0 Å². The molecule has 2 atom stereocenters. The average Bonchev–Trinajstić information content (AvgIpc) is 2.25. The van der Waals surface area contributed by atoms with Crippen LogP contribution in [0, 0.1) is 5.92 Å². The van der Waals surface area contributed by atoms with E-state index in [9.17, 15) is 5.11 Å². The van der Waals surface area contributed by atoms with E-state index in [0.717, 1.165) is 25.7 Å². The lowest BCUT2D eigenvalue weighted by atomic mass is 9.96. The molecule has 0 aromatic rings. The quantitative estimate of drug-likeness (QED) is 0.445. The Morgan fingerprint density at radius 3 is 2.20 bits per heavy atom. The number of rotatable bonds is 10. The van der Waals surface area contributed by atoms with Gasteiger partial charge in [-0.1, -0.05) is 46.5 Å². The Balaban J connectivity index is 3.77. The fraction of sp³-hybridized carbons (Fsp3) is 1.00. The Kier molecular flexibility index (Phi) is 10.4. The van der Waals surface area contributed by atoms with Crippen molar-refractivity contribution in [2.24, 2.45) is 5.92 Å². The first-order chi connectivity index (χ1) is 7.26. The van der Waals surface area contributed by atoms with E-state index >= 15 is 0 Å². The molecule has 0 aliphatic heterocycles. The summed E-state index contributed by atoms with van der Waals surface area (Å²) in [5.41, 5.74) is 0. The highest BCUT2D eigenvalue weighted by Crippen LogP contribution is 2.20. The van der Waals surface area contributed by atoms with Gasteiger partial charge in [-0.15, -0.1) is 0 Å². The van der Waals surface area contributed by atoms with Gasteiger partial charge in [0, 0.05) is 12.5 Å². The molecule has 0 fully saturated rings. The van der Waals surface area contributed by atoms with Crippen LogP contribution in [0.2, 0.25) is 0 Å². The summed E-state index contributed by atoms with van der Waals surface area (Å²) in [5, 5.41) is 9.85. The van der Waals surface area contributed by atoms with Gasteiger partial charge in [-0.25, -0.2) is 0 Å². The summed E-state index contributed by atoms with van der Waals surface area (Å²) in [5.74, 6) is 0.341. The minimum Gasteiger partial charge on any atom is -0.368 e. The maximum Gasteiger partial charge on any atom is 0.157 e. The molecule has 0 bridgehead atoms. The highest BCUT2D eigenvalue weighted by molar-refractivity contribution is 4.62. The molecule has 1 N–H and O–H groups in total. The molecule has 0 spiro atoms. The largest absolute Gasteiger partial charge is 0.368 e. The summed E-state index contributed by atoms with van der Waals surface area (Å²) in [6.07, 6.45) is 7.47. The molecule has 0 radical (unpaired) electrons. The third-order valence-corrected chi connectivity index (χ3v) is 2.73. The van der Waals surface area contributed by atoms with E-state index in [4.69, 9.17) is 4.74 Å². The predicted molar refractivity (Wildman–Crippen MR) is 64.8 cm³/mol. The van der Waals surface area contributed by atoms with Gasteiger partial charge in [0.05, 0.1) is 0 Å². The molecular formula is C13H28O2. The second kappa shape index (κ2) is 10.4. The zero-order valence-corrected chi connectivity index (χ0v) is 10.7. The number of ether oxygens (including phenoxy) is 1. The van der Waals surface area contributed by atoms with Crippen molar-refractivity contribution in [2.75, 3.05) is 6.61 Å². The summed E-state index contributed by atoms with van der Waals surface area (Å²) >= 11 is 0. The van der Waals surface area contributed by atoms with Crippen molar-refractivity contribution in [3.8, 4) is 0 Å². The fourth-order valence-corrected chi connectivity index (χ4v) is 1.83. The van der Waals surface area contributed by atoms with Crippen LogP contribution in [0.5, 0.6) is 0 Å².